The van der Waals surface area contributed by atoms with Crippen LogP contribution in [0.25, 0.3) is 5.76 Å². The SMILES string of the molecule is COc1ccc(N2C(=O)C(=O)/C(=C(/O)c3cc(C)cc(Cl)c3OC)C2c2cccc(O)c2)cc1Cl. The van der Waals surface area contributed by atoms with Crippen molar-refractivity contribution >= 4 is 46.3 Å². The number of methoxy groups -OCH3 is 2. The fraction of sp³-hybridized carbons (Fsp3) is 0.154. The van der Waals surface area contributed by atoms with Gasteiger partial charge in [0.2, 0.25) is 0 Å². The Morgan fingerprint density at radius 3 is 2.34 bits per heavy atom. The maximum Gasteiger partial charge on any atom is 0.300 e. The van der Waals surface area contributed by atoms with E-state index in [0.717, 1.165) is 0 Å². The van der Waals surface area contributed by atoms with E-state index in [1.807, 2.05) is 0 Å². The number of halogens is 2. The van der Waals surface area contributed by atoms with Crippen molar-refractivity contribution in [2.75, 3.05) is 19.1 Å². The summed E-state index contributed by atoms with van der Waals surface area (Å²) in [4.78, 5) is 27.9. The first-order valence-electron chi connectivity index (χ1n) is 10.5. The molecule has 1 aliphatic rings. The van der Waals surface area contributed by atoms with Crippen molar-refractivity contribution in [2.45, 2.75) is 13.0 Å². The lowest BCUT2D eigenvalue weighted by atomic mass is 9.94. The van der Waals surface area contributed by atoms with Crippen molar-refractivity contribution in [1.29, 1.82) is 0 Å². The Kier molecular flexibility index (Phi) is 6.65. The number of aliphatic hydroxyl groups excluding tert-OH is 1. The first kappa shape index (κ1) is 24.4. The average molecular weight is 514 g/mol. The number of phenols is 1. The van der Waals surface area contributed by atoms with Gasteiger partial charge in [-0.3, -0.25) is 14.5 Å². The second kappa shape index (κ2) is 9.52. The molecule has 0 aliphatic carbocycles. The van der Waals surface area contributed by atoms with Crippen LogP contribution in [0.1, 0.15) is 22.7 Å². The van der Waals surface area contributed by atoms with Crippen LogP contribution in [0, 0.1) is 6.92 Å². The number of carbonyl (C=O) groups is 2. The van der Waals surface area contributed by atoms with Gasteiger partial charge in [0, 0.05) is 5.69 Å². The summed E-state index contributed by atoms with van der Waals surface area (Å²) in [6.45, 7) is 1.77. The summed E-state index contributed by atoms with van der Waals surface area (Å²) in [5.74, 6) is -1.78. The Hall–Kier alpha value is -3.68. The van der Waals surface area contributed by atoms with Gasteiger partial charge < -0.3 is 19.7 Å². The van der Waals surface area contributed by atoms with Gasteiger partial charge in [-0.2, -0.15) is 0 Å². The zero-order chi connectivity index (χ0) is 25.4. The highest BCUT2D eigenvalue weighted by molar-refractivity contribution is 6.52. The minimum absolute atomic E-state index is 0.0722. The van der Waals surface area contributed by atoms with E-state index in [9.17, 15) is 19.8 Å². The maximum atomic E-state index is 13.3. The predicted molar refractivity (Wildman–Crippen MR) is 134 cm³/mol. The summed E-state index contributed by atoms with van der Waals surface area (Å²) in [7, 11) is 2.85. The third kappa shape index (κ3) is 4.29. The molecule has 4 rings (SSSR count). The Morgan fingerprint density at radius 1 is 0.971 bits per heavy atom. The molecule has 1 heterocycles. The molecule has 3 aromatic carbocycles. The van der Waals surface area contributed by atoms with Gasteiger partial charge in [0.15, 0.2) is 0 Å². The monoisotopic (exact) mass is 513 g/mol. The molecule has 1 atom stereocenters. The van der Waals surface area contributed by atoms with Crippen LogP contribution < -0.4 is 14.4 Å². The number of aromatic hydroxyl groups is 1. The number of Topliss-reactive ketones (excluding diaryl/α,β-unsaturated/α-hetero) is 1. The molecule has 9 heteroatoms. The van der Waals surface area contributed by atoms with Crippen molar-refractivity contribution in [3.63, 3.8) is 0 Å². The minimum atomic E-state index is -1.07. The van der Waals surface area contributed by atoms with Crippen LogP contribution in [-0.4, -0.2) is 36.1 Å². The number of aliphatic hydroxyl groups is 1. The molecule has 1 amide bonds. The van der Waals surface area contributed by atoms with Crippen molar-refractivity contribution in [3.8, 4) is 17.2 Å². The lowest BCUT2D eigenvalue weighted by Gasteiger charge is -2.26. The number of aryl methyl sites for hydroxylation is 1. The molecule has 1 fully saturated rings. The summed E-state index contributed by atoms with van der Waals surface area (Å²) in [6, 6.07) is 12.9. The van der Waals surface area contributed by atoms with Gasteiger partial charge in [-0.25, -0.2) is 0 Å². The summed E-state index contributed by atoms with van der Waals surface area (Å²) in [5, 5.41) is 22.0. The van der Waals surface area contributed by atoms with Crippen molar-refractivity contribution in [2.24, 2.45) is 0 Å². The summed E-state index contributed by atoms with van der Waals surface area (Å²) < 4.78 is 10.6. The predicted octanol–water partition coefficient (Wildman–Crippen LogP) is 5.65. The largest absolute Gasteiger partial charge is 0.508 e. The molecule has 0 spiro atoms. The quantitative estimate of drug-likeness (QED) is 0.260. The number of amides is 1. The normalized spacial score (nSPS) is 17.1. The van der Waals surface area contributed by atoms with Crippen LogP contribution in [0.4, 0.5) is 5.69 Å². The van der Waals surface area contributed by atoms with E-state index in [1.54, 1.807) is 43.3 Å². The minimum Gasteiger partial charge on any atom is -0.508 e. The van der Waals surface area contributed by atoms with E-state index >= 15 is 0 Å². The van der Waals surface area contributed by atoms with Gasteiger partial charge in [0.25, 0.3) is 11.7 Å². The number of ether oxygens (including phenoxy) is 2. The number of phenolic OH excluding ortho intramolecular Hbond substituents is 1. The van der Waals surface area contributed by atoms with E-state index in [2.05, 4.69) is 0 Å². The summed E-state index contributed by atoms with van der Waals surface area (Å²) in [6.07, 6.45) is 0. The van der Waals surface area contributed by atoms with Crippen LogP contribution in [0.15, 0.2) is 60.2 Å². The maximum absolute atomic E-state index is 13.3. The van der Waals surface area contributed by atoms with E-state index < -0.39 is 23.5 Å². The van der Waals surface area contributed by atoms with E-state index in [1.165, 1.54) is 37.3 Å². The van der Waals surface area contributed by atoms with E-state index in [-0.39, 0.29) is 32.7 Å². The fourth-order valence-electron chi connectivity index (χ4n) is 4.17. The second-order valence-corrected chi connectivity index (χ2v) is 8.72. The summed E-state index contributed by atoms with van der Waals surface area (Å²) in [5.41, 5.74) is 1.39. The highest BCUT2D eigenvalue weighted by Crippen LogP contribution is 2.45. The number of carbonyl (C=O) groups excluding carboxylic acids is 2. The number of hydrogen-bond donors (Lipinski definition) is 2. The number of rotatable bonds is 5. The van der Waals surface area contributed by atoms with Gasteiger partial charge in [-0.1, -0.05) is 35.3 Å². The lowest BCUT2D eigenvalue weighted by Crippen LogP contribution is -2.29. The number of nitrogens with zero attached hydrogens (tertiary/aromatic N) is 1. The van der Waals surface area contributed by atoms with Crippen LogP contribution in [0.3, 0.4) is 0 Å². The second-order valence-electron chi connectivity index (χ2n) is 7.91. The molecular weight excluding hydrogens is 493 g/mol. The number of ketones is 1. The first-order valence-corrected chi connectivity index (χ1v) is 11.2. The van der Waals surface area contributed by atoms with Crippen molar-refractivity contribution < 1.29 is 29.3 Å². The van der Waals surface area contributed by atoms with Crippen molar-refractivity contribution in [1.82, 2.24) is 0 Å². The van der Waals surface area contributed by atoms with Crippen molar-refractivity contribution in [3.05, 3.63) is 86.9 Å². The summed E-state index contributed by atoms with van der Waals surface area (Å²) >= 11 is 12.6. The average Bonchev–Trinajstić information content (AvgIpc) is 3.08. The zero-order valence-corrected chi connectivity index (χ0v) is 20.5. The third-order valence-electron chi connectivity index (χ3n) is 5.69. The van der Waals surface area contributed by atoms with Crippen LogP contribution in [0.2, 0.25) is 10.0 Å². The zero-order valence-electron chi connectivity index (χ0n) is 19.0. The van der Waals surface area contributed by atoms with Gasteiger partial charge in [0.1, 0.15) is 23.0 Å². The molecule has 3 aromatic rings. The molecule has 2 N–H and O–H groups in total. The lowest BCUT2D eigenvalue weighted by molar-refractivity contribution is -0.132. The van der Waals surface area contributed by atoms with Gasteiger partial charge >= 0.3 is 0 Å². The Labute approximate surface area is 211 Å². The molecule has 35 heavy (non-hydrogen) atoms. The van der Waals surface area contributed by atoms with Crippen LogP contribution >= 0.6 is 23.2 Å². The van der Waals surface area contributed by atoms with Crippen LogP contribution in [-0.2, 0) is 9.59 Å². The molecule has 0 saturated carbocycles. The fourth-order valence-corrected chi connectivity index (χ4v) is 4.77. The Balaban J connectivity index is 2.01. The molecular formula is C26H21Cl2NO6. The molecule has 0 radical (unpaired) electrons. The third-order valence-corrected chi connectivity index (χ3v) is 6.27. The number of benzene rings is 3. The van der Waals surface area contributed by atoms with Gasteiger partial charge in [-0.15, -0.1) is 0 Å². The van der Waals surface area contributed by atoms with E-state index in [4.69, 9.17) is 32.7 Å². The molecule has 7 nitrogen and oxygen atoms in total. The topological polar surface area (TPSA) is 96.3 Å². The number of anilines is 1. The molecule has 1 unspecified atom stereocenters. The molecule has 180 valence electrons. The molecule has 1 saturated heterocycles. The molecule has 0 bridgehead atoms. The first-order chi connectivity index (χ1) is 16.7. The Morgan fingerprint density at radius 2 is 1.71 bits per heavy atom. The smallest absolute Gasteiger partial charge is 0.300 e. The van der Waals surface area contributed by atoms with Gasteiger partial charge in [-0.05, 0) is 60.5 Å². The number of hydrogen-bond acceptors (Lipinski definition) is 6. The Bertz CT molecular complexity index is 1380. The standard InChI is InChI=1S/C26H21Cl2NO6/c1-13-9-17(25(35-3)19(28)10-13)23(31)21-22(14-5-4-6-16(30)11-14)29(26(33)24(21)32)15-7-8-20(34-2)18(27)12-15/h4-12,22,30-31H,1-3H3/b23-21+. The molecule has 1 aliphatic heterocycles. The highest BCUT2D eigenvalue weighted by Gasteiger charge is 2.47. The van der Waals surface area contributed by atoms with E-state index in [0.29, 0.717) is 22.6 Å². The van der Waals surface area contributed by atoms with Crippen LogP contribution in [0.5, 0.6) is 17.2 Å². The highest BCUT2D eigenvalue weighted by atomic mass is 35.5. The van der Waals surface area contributed by atoms with Gasteiger partial charge in [0.05, 0.1) is 41.4 Å². The molecule has 0 aromatic heterocycles.